The molecule has 0 aromatic heterocycles. The molecule has 116 valence electrons. The highest BCUT2D eigenvalue weighted by Crippen LogP contribution is 2.33. The van der Waals surface area contributed by atoms with Gasteiger partial charge in [-0.05, 0) is 38.9 Å². The number of amides is 1. The zero-order valence-electron chi connectivity index (χ0n) is 12.1. The number of rotatable bonds is 3. The number of halogens is 3. The van der Waals surface area contributed by atoms with Crippen LogP contribution in [0.5, 0.6) is 0 Å². The molecule has 1 saturated heterocycles. The van der Waals surface area contributed by atoms with Gasteiger partial charge in [-0.2, -0.15) is 13.2 Å². The Morgan fingerprint density at radius 1 is 1.33 bits per heavy atom. The molecular weight excluding hydrogens is 281 g/mol. The van der Waals surface area contributed by atoms with E-state index in [9.17, 15) is 18.0 Å². The average Bonchev–Trinajstić information content (AvgIpc) is 2.91. The Morgan fingerprint density at radius 3 is 2.52 bits per heavy atom. The zero-order valence-corrected chi connectivity index (χ0v) is 12.1. The summed E-state index contributed by atoms with van der Waals surface area (Å²) in [5.41, 5.74) is -1.14. The second-order valence-corrected chi connectivity index (χ2v) is 5.50. The molecule has 1 fully saturated rings. The molecule has 1 aliphatic rings. The van der Waals surface area contributed by atoms with Crippen LogP contribution in [-0.4, -0.2) is 36.0 Å². The van der Waals surface area contributed by atoms with E-state index in [1.165, 1.54) is 18.2 Å². The number of alkyl halides is 3. The number of benzene rings is 1. The van der Waals surface area contributed by atoms with Crippen molar-refractivity contribution >= 4 is 5.91 Å². The summed E-state index contributed by atoms with van der Waals surface area (Å²) in [4.78, 5) is 14.2. The average molecular weight is 300 g/mol. The third-order valence-corrected chi connectivity index (χ3v) is 3.68. The summed E-state index contributed by atoms with van der Waals surface area (Å²) in [6, 6.07) is 4.77. The van der Waals surface area contributed by atoms with Crippen LogP contribution in [0, 0.1) is 0 Å². The smallest absolute Gasteiger partial charge is 0.332 e. The van der Waals surface area contributed by atoms with Crippen LogP contribution in [0.3, 0.4) is 0 Å². The summed E-state index contributed by atoms with van der Waals surface area (Å²) in [7, 11) is 0. The van der Waals surface area contributed by atoms with Gasteiger partial charge >= 0.3 is 6.18 Å². The maximum atomic E-state index is 13.1. The molecule has 1 amide bonds. The van der Waals surface area contributed by atoms with Crippen LogP contribution in [0.1, 0.15) is 36.2 Å². The highest BCUT2D eigenvalue weighted by molar-refractivity contribution is 5.96. The molecule has 0 saturated carbocycles. The van der Waals surface area contributed by atoms with Crippen molar-refractivity contribution in [2.75, 3.05) is 13.1 Å². The van der Waals surface area contributed by atoms with Gasteiger partial charge in [0.2, 0.25) is 0 Å². The molecule has 3 nitrogen and oxygen atoms in total. The number of hydrogen-bond donors (Lipinski definition) is 1. The monoisotopic (exact) mass is 300 g/mol. The van der Waals surface area contributed by atoms with E-state index in [4.69, 9.17) is 0 Å². The van der Waals surface area contributed by atoms with Gasteiger partial charge in [-0.1, -0.05) is 12.1 Å². The first-order chi connectivity index (χ1) is 9.82. The van der Waals surface area contributed by atoms with E-state index in [0.717, 1.165) is 19.0 Å². The highest BCUT2D eigenvalue weighted by Gasteiger charge is 2.38. The summed E-state index contributed by atoms with van der Waals surface area (Å²) in [5, 5.41) is 3.14. The molecule has 0 aliphatic carbocycles. The number of carbonyl (C=O) groups excluding carboxylic acids is 1. The minimum atomic E-state index is -4.52. The number of nitrogens with zero attached hydrogens (tertiary/aromatic N) is 1. The summed E-state index contributed by atoms with van der Waals surface area (Å²) < 4.78 is 39.2. The minimum absolute atomic E-state index is 0.0567. The van der Waals surface area contributed by atoms with E-state index in [2.05, 4.69) is 5.32 Å². The third kappa shape index (κ3) is 3.37. The van der Waals surface area contributed by atoms with Crippen molar-refractivity contribution in [2.24, 2.45) is 0 Å². The molecule has 1 heterocycles. The lowest BCUT2D eigenvalue weighted by atomic mass is 10.0. The van der Waals surface area contributed by atoms with E-state index in [-0.39, 0.29) is 17.6 Å². The van der Waals surface area contributed by atoms with E-state index >= 15 is 0 Å². The van der Waals surface area contributed by atoms with Crippen LogP contribution in [0.4, 0.5) is 13.2 Å². The SMILES string of the molecule is CC(C)N(C(=O)c1ccccc1C(F)(F)F)C1CCNC1. The normalized spacial score (nSPS) is 19.0. The lowest BCUT2D eigenvalue weighted by Gasteiger charge is -2.33. The number of nitrogens with one attached hydrogen (secondary N) is 1. The van der Waals surface area contributed by atoms with Gasteiger partial charge in [-0.3, -0.25) is 4.79 Å². The largest absolute Gasteiger partial charge is 0.417 e. The van der Waals surface area contributed by atoms with Gasteiger partial charge < -0.3 is 10.2 Å². The summed E-state index contributed by atoms with van der Waals surface area (Å²) in [6.07, 6.45) is -3.76. The maximum absolute atomic E-state index is 13.1. The zero-order chi connectivity index (χ0) is 15.6. The van der Waals surface area contributed by atoms with Crippen molar-refractivity contribution in [3.63, 3.8) is 0 Å². The number of hydrogen-bond acceptors (Lipinski definition) is 2. The van der Waals surface area contributed by atoms with E-state index in [0.29, 0.717) is 6.54 Å². The van der Waals surface area contributed by atoms with Crippen LogP contribution < -0.4 is 5.32 Å². The molecular formula is C15H19F3N2O. The van der Waals surface area contributed by atoms with Gasteiger partial charge in [0.25, 0.3) is 5.91 Å². The molecule has 1 atom stereocenters. The van der Waals surface area contributed by atoms with Crippen LogP contribution in [0.15, 0.2) is 24.3 Å². The van der Waals surface area contributed by atoms with E-state index in [1.54, 1.807) is 4.90 Å². The fourth-order valence-electron chi connectivity index (χ4n) is 2.75. The van der Waals surface area contributed by atoms with Gasteiger partial charge in [-0.25, -0.2) is 0 Å². The molecule has 1 aromatic carbocycles. The van der Waals surface area contributed by atoms with E-state index in [1.807, 2.05) is 13.8 Å². The van der Waals surface area contributed by atoms with Crippen molar-refractivity contribution in [2.45, 2.75) is 38.5 Å². The van der Waals surface area contributed by atoms with Crippen LogP contribution in [-0.2, 0) is 6.18 Å². The fourth-order valence-corrected chi connectivity index (χ4v) is 2.75. The third-order valence-electron chi connectivity index (χ3n) is 3.68. The first-order valence-electron chi connectivity index (χ1n) is 7.02. The van der Waals surface area contributed by atoms with Gasteiger partial charge in [0.05, 0.1) is 11.1 Å². The second kappa shape index (κ2) is 6.05. The van der Waals surface area contributed by atoms with Crippen molar-refractivity contribution < 1.29 is 18.0 Å². The number of carbonyl (C=O) groups is 1. The lowest BCUT2D eigenvalue weighted by Crippen LogP contribution is -2.46. The molecule has 1 aliphatic heterocycles. The molecule has 1 aromatic rings. The predicted molar refractivity (Wildman–Crippen MR) is 74.0 cm³/mol. The van der Waals surface area contributed by atoms with Gasteiger partial charge in [-0.15, -0.1) is 0 Å². The molecule has 0 spiro atoms. The molecule has 1 unspecified atom stereocenters. The van der Waals surface area contributed by atoms with Gasteiger partial charge in [0, 0.05) is 18.6 Å². The van der Waals surface area contributed by atoms with Crippen LogP contribution >= 0.6 is 0 Å². The van der Waals surface area contributed by atoms with Gasteiger partial charge in [0.1, 0.15) is 0 Å². The Bertz CT molecular complexity index is 508. The highest BCUT2D eigenvalue weighted by atomic mass is 19.4. The summed E-state index contributed by atoms with van der Waals surface area (Å²) >= 11 is 0. The van der Waals surface area contributed by atoms with E-state index < -0.39 is 17.6 Å². The summed E-state index contributed by atoms with van der Waals surface area (Å²) in [5.74, 6) is -0.549. The Kier molecular flexibility index (Phi) is 4.56. The first-order valence-corrected chi connectivity index (χ1v) is 7.02. The second-order valence-electron chi connectivity index (χ2n) is 5.50. The Labute approximate surface area is 122 Å². The van der Waals surface area contributed by atoms with Crippen molar-refractivity contribution in [3.8, 4) is 0 Å². The van der Waals surface area contributed by atoms with Crippen molar-refractivity contribution in [3.05, 3.63) is 35.4 Å². The van der Waals surface area contributed by atoms with Crippen LogP contribution in [0.2, 0.25) is 0 Å². The minimum Gasteiger partial charge on any atom is -0.332 e. The molecule has 6 heteroatoms. The molecule has 0 radical (unpaired) electrons. The molecule has 2 rings (SSSR count). The first kappa shape index (κ1) is 15.8. The quantitative estimate of drug-likeness (QED) is 0.931. The molecule has 1 N–H and O–H groups in total. The maximum Gasteiger partial charge on any atom is 0.417 e. The predicted octanol–water partition coefficient (Wildman–Crippen LogP) is 2.92. The van der Waals surface area contributed by atoms with Crippen molar-refractivity contribution in [1.82, 2.24) is 10.2 Å². The standard InChI is InChI=1S/C15H19F3N2O/c1-10(2)20(11-7-8-19-9-11)14(21)12-5-3-4-6-13(12)15(16,17)18/h3-6,10-11,19H,7-9H2,1-2H3. The topological polar surface area (TPSA) is 32.3 Å². The fraction of sp³-hybridized carbons (Fsp3) is 0.533. The Morgan fingerprint density at radius 2 is 2.00 bits per heavy atom. The lowest BCUT2D eigenvalue weighted by molar-refractivity contribution is -0.138. The Balaban J connectivity index is 2.37. The van der Waals surface area contributed by atoms with Gasteiger partial charge in [0.15, 0.2) is 0 Å². The summed E-state index contributed by atoms with van der Waals surface area (Å²) in [6.45, 7) is 5.05. The Hall–Kier alpha value is -1.56. The molecule has 0 bridgehead atoms. The van der Waals surface area contributed by atoms with Crippen molar-refractivity contribution in [1.29, 1.82) is 0 Å². The molecule has 21 heavy (non-hydrogen) atoms. The van der Waals surface area contributed by atoms with Crippen LogP contribution in [0.25, 0.3) is 0 Å².